The highest BCUT2D eigenvalue weighted by molar-refractivity contribution is 6.03. The van der Waals surface area contributed by atoms with Crippen molar-refractivity contribution in [2.24, 2.45) is 11.3 Å². The van der Waals surface area contributed by atoms with E-state index in [9.17, 15) is 9.59 Å². The van der Waals surface area contributed by atoms with Crippen molar-refractivity contribution in [3.8, 4) is 0 Å². The summed E-state index contributed by atoms with van der Waals surface area (Å²) >= 11 is 0. The molecule has 0 aliphatic carbocycles. The Morgan fingerprint density at radius 2 is 2.07 bits per heavy atom. The maximum Gasteiger partial charge on any atom is 0.324 e. The standard InChI is InChI=1S/C9H15NO4/c1-6(2)3-10-7(11)9(8(12)13)4-14-5-9/h6H,3-5H2,1-2H3,(H,10,11)(H,12,13). The summed E-state index contributed by atoms with van der Waals surface area (Å²) in [6.07, 6.45) is 0. The first kappa shape index (κ1) is 11.0. The molecule has 1 heterocycles. The first-order valence-corrected chi connectivity index (χ1v) is 4.58. The number of aliphatic carboxylic acids is 1. The van der Waals surface area contributed by atoms with Gasteiger partial charge < -0.3 is 15.2 Å². The molecule has 1 aliphatic heterocycles. The number of hydrogen-bond donors (Lipinski definition) is 2. The number of hydrogen-bond acceptors (Lipinski definition) is 3. The molecule has 5 heteroatoms. The number of amides is 1. The van der Waals surface area contributed by atoms with Crippen molar-refractivity contribution in [3.63, 3.8) is 0 Å². The monoisotopic (exact) mass is 201 g/mol. The van der Waals surface area contributed by atoms with E-state index in [2.05, 4.69) is 5.32 Å². The van der Waals surface area contributed by atoms with Crippen molar-refractivity contribution in [3.05, 3.63) is 0 Å². The highest BCUT2D eigenvalue weighted by Crippen LogP contribution is 2.27. The Labute approximate surface area is 82.4 Å². The number of carbonyl (C=O) groups is 2. The summed E-state index contributed by atoms with van der Waals surface area (Å²) in [4.78, 5) is 22.4. The number of carboxylic acid groups (broad SMARTS) is 1. The van der Waals surface area contributed by atoms with Gasteiger partial charge in [-0.15, -0.1) is 0 Å². The molecule has 0 aromatic rings. The first-order chi connectivity index (χ1) is 6.49. The quantitative estimate of drug-likeness (QED) is 0.621. The van der Waals surface area contributed by atoms with Crippen molar-refractivity contribution < 1.29 is 19.4 Å². The number of carbonyl (C=O) groups excluding carboxylic acids is 1. The summed E-state index contributed by atoms with van der Waals surface area (Å²) in [6.45, 7) is 4.35. The van der Waals surface area contributed by atoms with Crippen LogP contribution in [-0.2, 0) is 14.3 Å². The van der Waals surface area contributed by atoms with Crippen LogP contribution in [-0.4, -0.2) is 36.7 Å². The molecule has 1 rings (SSSR count). The fourth-order valence-electron chi connectivity index (χ4n) is 1.12. The molecule has 0 atom stereocenters. The molecular formula is C9H15NO4. The lowest BCUT2D eigenvalue weighted by Gasteiger charge is -2.35. The minimum Gasteiger partial charge on any atom is -0.480 e. The Morgan fingerprint density at radius 1 is 1.50 bits per heavy atom. The van der Waals surface area contributed by atoms with Gasteiger partial charge in [-0.2, -0.15) is 0 Å². The lowest BCUT2D eigenvalue weighted by Crippen LogP contribution is -2.59. The van der Waals surface area contributed by atoms with Crippen LogP contribution in [0.15, 0.2) is 0 Å². The van der Waals surface area contributed by atoms with Gasteiger partial charge in [-0.25, -0.2) is 0 Å². The van der Waals surface area contributed by atoms with Gasteiger partial charge in [-0.1, -0.05) is 13.8 Å². The van der Waals surface area contributed by atoms with Crippen molar-refractivity contribution in [2.75, 3.05) is 19.8 Å². The molecule has 80 valence electrons. The first-order valence-electron chi connectivity index (χ1n) is 4.58. The molecular weight excluding hydrogens is 186 g/mol. The summed E-state index contributed by atoms with van der Waals surface area (Å²) in [5, 5.41) is 11.5. The van der Waals surface area contributed by atoms with Crippen LogP contribution < -0.4 is 5.32 Å². The predicted octanol–water partition coefficient (Wildman–Crippen LogP) is -0.140. The second kappa shape index (κ2) is 3.96. The summed E-state index contributed by atoms with van der Waals surface area (Å²) in [5.41, 5.74) is -1.34. The molecule has 1 fully saturated rings. The summed E-state index contributed by atoms with van der Waals surface area (Å²) in [6, 6.07) is 0. The third kappa shape index (κ3) is 1.87. The summed E-state index contributed by atoms with van der Waals surface area (Å²) in [7, 11) is 0. The molecule has 1 amide bonds. The lowest BCUT2D eigenvalue weighted by atomic mass is 9.85. The van der Waals surface area contributed by atoms with E-state index in [-0.39, 0.29) is 13.2 Å². The number of carboxylic acids is 1. The molecule has 0 bridgehead atoms. The Morgan fingerprint density at radius 3 is 2.36 bits per heavy atom. The lowest BCUT2D eigenvalue weighted by molar-refractivity contribution is -0.185. The Kier molecular flexibility index (Phi) is 3.10. The van der Waals surface area contributed by atoms with Gasteiger partial charge in [0.15, 0.2) is 5.41 Å². The molecule has 1 saturated heterocycles. The molecule has 0 unspecified atom stereocenters. The van der Waals surface area contributed by atoms with E-state index in [1.807, 2.05) is 13.8 Å². The van der Waals surface area contributed by atoms with Crippen molar-refractivity contribution in [2.45, 2.75) is 13.8 Å². The largest absolute Gasteiger partial charge is 0.480 e. The minimum absolute atomic E-state index is 0.0216. The highest BCUT2D eigenvalue weighted by Gasteiger charge is 2.53. The zero-order chi connectivity index (χ0) is 10.8. The van der Waals surface area contributed by atoms with Crippen molar-refractivity contribution in [1.29, 1.82) is 0 Å². The maximum atomic E-state index is 11.5. The number of nitrogens with one attached hydrogen (secondary N) is 1. The van der Waals surface area contributed by atoms with E-state index in [4.69, 9.17) is 9.84 Å². The smallest absolute Gasteiger partial charge is 0.324 e. The Hall–Kier alpha value is -1.10. The van der Waals surface area contributed by atoms with Gasteiger partial charge in [0.2, 0.25) is 5.91 Å². The van der Waals surface area contributed by atoms with E-state index in [1.165, 1.54) is 0 Å². The fraction of sp³-hybridized carbons (Fsp3) is 0.778. The molecule has 2 N–H and O–H groups in total. The van der Waals surface area contributed by atoms with Crippen LogP contribution in [0.5, 0.6) is 0 Å². The minimum atomic E-state index is -1.34. The van der Waals surface area contributed by atoms with Crippen LogP contribution in [0.1, 0.15) is 13.8 Å². The van der Waals surface area contributed by atoms with Crippen molar-refractivity contribution in [1.82, 2.24) is 5.32 Å². The van der Waals surface area contributed by atoms with Crippen LogP contribution in [0, 0.1) is 11.3 Å². The van der Waals surface area contributed by atoms with E-state index < -0.39 is 17.3 Å². The highest BCUT2D eigenvalue weighted by atomic mass is 16.5. The van der Waals surface area contributed by atoms with Crippen LogP contribution >= 0.6 is 0 Å². The number of rotatable bonds is 4. The van der Waals surface area contributed by atoms with Crippen molar-refractivity contribution >= 4 is 11.9 Å². The predicted molar refractivity (Wildman–Crippen MR) is 48.7 cm³/mol. The second-order valence-electron chi connectivity index (χ2n) is 3.98. The van der Waals surface area contributed by atoms with Gasteiger partial charge in [0.05, 0.1) is 13.2 Å². The van der Waals surface area contributed by atoms with Gasteiger partial charge in [0, 0.05) is 6.54 Å². The molecule has 0 radical (unpaired) electrons. The number of ether oxygens (including phenoxy) is 1. The molecule has 1 aliphatic rings. The van der Waals surface area contributed by atoms with Crippen LogP contribution in [0.2, 0.25) is 0 Å². The molecule has 0 spiro atoms. The van der Waals surface area contributed by atoms with E-state index >= 15 is 0 Å². The molecule has 0 aromatic heterocycles. The summed E-state index contributed by atoms with van der Waals surface area (Å²) < 4.78 is 4.79. The van der Waals surface area contributed by atoms with E-state index in [1.54, 1.807) is 0 Å². The van der Waals surface area contributed by atoms with Gasteiger partial charge in [-0.05, 0) is 5.92 Å². The Balaban J connectivity index is 2.53. The van der Waals surface area contributed by atoms with Crippen LogP contribution in [0.25, 0.3) is 0 Å². The molecule has 14 heavy (non-hydrogen) atoms. The fourth-order valence-corrected chi connectivity index (χ4v) is 1.12. The average Bonchev–Trinajstić information content (AvgIpc) is 1.97. The topological polar surface area (TPSA) is 75.6 Å². The summed E-state index contributed by atoms with van der Waals surface area (Å²) in [5.74, 6) is -1.24. The Bertz CT molecular complexity index is 245. The van der Waals surface area contributed by atoms with E-state index in [0.29, 0.717) is 12.5 Å². The molecule has 0 aromatic carbocycles. The normalized spacial score (nSPS) is 18.8. The van der Waals surface area contributed by atoms with Gasteiger partial charge in [0.1, 0.15) is 0 Å². The van der Waals surface area contributed by atoms with Gasteiger partial charge in [-0.3, -0.25) is 9.59 Å². The van der Waals surface area contributed by atoms with Crippen LogP contribution in [0.3, 0.4) is 0 Å². The van der Waals surface area contributed by atoms with Crippen LogP contribution in [0.4, 0.5) is 0 Å². The SMILES string of the molecule is CC(C)CNC(=O)C1(C(=O)O)COC1. The van der Waals surface area contributed by atoms with Gasteiger partial charge in [0.25, 0.3) is 0 Å². The maximum absolute atomic E-state index is 11.5. The van der Waals surface area contributed by atoms with E-state index in [0.717, 1.165) is 0 Å². The van der Waals surface area contributed by atoms with Gasteiger partial charge >= 0.3 is 5.97 Å². The molecule has 0 saturated carbocycles. The second-order valence-corrected chi connectivity index (χ2v) is 3.98. The zero-order valence-electron chi connectivity index (χ0n) is 8.37. The third-order valence-corrected chi connectivity index (χ3v) is 2.21. The average molecular weight is 201 g/mol. The zero-order valence-corrected chi connectivity index (χ0v) is 8.37. The molecule has 5 nitrogen and oxygen atoms in total. The third-order valence-electron chi connectivity index (χ3n) is 2.21.